The number of aliphatic imine (C=N–C) groups is 1. The summed E-state index contributed by atoms with van der Waals surface area (Å²) in [6.07, 6.45) is 4.26. The standard InChI is InChI=1S/C20H22N2O2.C2H6/c1-14(16-7-3-9-17(13-16)24-2)12-19(23)22-18-10-4-6-15-8-5-11-21-20(15)18;1-2/h3-4,6-7,9-11,13-14H,5,8,12H2,1-2H3,(H,22,23);1-2H3. The fourth-order valence-electron chi connectivity index (χ4n) is 2.97. The van der Waals surface area contributed by atoms with Gasteiger partial charge in [0.15, 0.2) is 0 Å². The van der Waals surface area contributed by atoms with Crippen molar-refractivity contribution in [3.8, 4) is 5.75 Å². The van der Waals surface area contributed by atoms with Crippen LogP contribution < -0.4 is 10.1 Å². The minimum atomic E-state index is -0.000469. The number of fused-ring (bicyclic) bond motifs is 1. The minimum Gasteiger partial charge on any atom is -0.497 e. The van der Waals surface area contributed by atoms with Crippen molar-refractivity contribution >= 4 is 23.5 Å². The highest BCUT2D eigenvalue weighted by Gasteiger charge is 2.15. The molecular weight excluding hydrogens is 324 g/mol. The molecular formula is C22H28N2O2. The molecule has 0 fully saturated rings. The van der Waals surface area contributed by atoms with Gasteiger partial charge in [0, 0.05) is 12.6 Å². The Kier molecular flexibility index (Phi) is 7.39. The van der Waals surface area contributed by atoms with Gasteiger partial charge in [-0.3, -0.25) is 9.79 Å². The first-order chi connectivity index (χ1) is 12.7. The number of ether oxygens (including phenoxy) is 1. The van der Waals surface area contributed by atoms with Crippen molar-refractivity contribution in [2.75, 3.05) is 12.4 Å². The lowest BCUT2D eigenvalue weighted by Gasteiger charge is -2.16. The van der Waals surface area contributed by atoms with Crippen LogP contribution in [0.25, 0.3) is 0 Å². The summed E-state index contributed by atoms with van der Waals surface area (Å²) >= 11 is 0. The van der Waals surface area contributed by atoms with Crippen molar-refractivity contribution in [3.05, 3.63) is 53.6 Å². The molecule has 0 radical (unpaired) electrons. The van der Waals surface area contributed by atoms with E-state index < -0.39 is 0 Å². The van der Waals surface area contributed by atoms with Crippen molar-refractivity contribution in [2.24, 2.45) is 4.99 Å². The van der Waals surface area contributed by atoms with Crippen LogP contribution in [0.3, 0.4) is 0 Å². The molecule has 0 saturated heterocycles. The van der Waals surface area contributed by atoms with Crippen LogP contribution in [0.5, 0.6) is 5.75 Å². The van der Waals surface area contributed by atoms with Crippen LogP contribution in [0, 0.1) is 0 Å². The fraction of sp³-hybridized carbons (Fsp3) is 0.364. The van der Waals surface area contributed by atoms with E-state index in [-0.39, 0.29) is 11.8 Å². The molecule has 1 amide bonds. The minimum absolute atomic E-state index is 0.000469. The first-order valence-corrected chi connectivity index (χ1v) is 9.25. The van der Waals surface area contributed by atoms with Crippen molar-refractivity contribution < 1.29 is 9.53 Å². The van der Waals surface area contributed by atoms with Gasteiger partial charge in [0.2, 0.25) is 5.91 Å². The van der Waals surface area contributed by atoms with E-state index >= 15 is 0 Å². The topological polar surface area (TPSA) is 50.7 Å². The van der Waals surface area contributed by atoms with E-state index in [0.29, 0.717) is 6.42 Å². The lowest BCUT2D eigenvalue weighted by atomic mass is 9.97. The van der Waals surface area contributed by atoms with Gasteiger partial charge in [0.1, 0.15) is 5.75 Å². The second-order valence-electron chi connectivity index (χ2n) is 6.09. The van der Waals surface area contributed by atoms with Gasteiger partial charge < -0.3 is 10.1 Å². The molecule has 2 aromatic carbocycles. The third kappa shape index (κ3) is 4.94. The van der Waals surface area contributed by atoms with Gasteiger partial charge in [-0.2, -0.15) is 0 Å². The Hall–Kier alpha value is -2.62. The second-order valence-corrected chi connectivity index (χ2v) is 6.09. The molecule has 4 nitrogen and oxygen atoms in total. The van der Waals surface area contributed by atoms with E-state index in [4.69, 9.17) is 4.74 Å². The van der Waals surface area contributed by atoms with Gasteiger partial charge in [-0.05, 0) is 48.1 Å². The van der Waals surface area contributed by atoms with E-state index in [1.54, 1.807) is 7.11 Å². The number of carbonyl (C=O) groups excluding carboxylic acids is 1. The maximum Gasteiger partial charge on any atom is 0.225 e. The Bertz CT molecular complexity index is 768. The Morgan fingerprint density at radius 2 is 2.00 bits per heavy atom. The quantitative estimate of drug-likeness (QED) is 0.772. The van der Waals surface area contributed by atoms with Crippen LogP contribution in [0.1, 0.15) is 50.7 Å². The Morgan fingerprint density at radius 1 is 1.23 bits per heavy atom. The van der Waals surface area contributed by atoms with E-state index in [2.05, 4.69) is 16.4 Å². The summed E-state index contributed by atoms with van der Waals surface area (Å²) < 4.78 is 5.25. The fourth-order valence-corrected chi connectivity index (χ4v) is 2.97. The number of nitrogens with one attached hydrogen (secondary N) is 1. The van der Waals surface area contributed by atoms with Crippen molar-refractivity contribution in [2.45, 2.75) is 46.0 Å². The molecule has 2 aromatic rings. The van der Waals surface area contributed by atoms with E-state index in [9.17, 15) is 4.79 Å². The maximum atomic E-state index is 12.4. The number of hydrogen-bond acceptors (Lipinski definition) is 3. The predicted octanol–water partition coefficient (Wildman–Crippen LogP) is 5.50. The molecule has 1 aliphatic rings. The highest BCUT2D eigenvalue weighted by atomic mass is 16.5. The molecule has 1 unspecified atom stereocenters. The number of rotatable bonds is 5. The van der Waals surface area contributed by atoms with E-state index in [0.717, 1.165) is 35.5 Å². The molecule has 0 aromatic heterocycles. The number of hydrogen-bond donors (Lipinski definition) is 1. The zero-order chi connectivity index (χ0) is 18.9. The Labute approximate surface area is 156 Å². The number of benzene rings is 2. The number of carbonyl (C=O) groups is 1. The molecule has 1 atom stereocenters. The van der Waals surface area contributed by atoms with Crippen LogP contribution in [-0.4, -0.2) is 19.2 Å². The summed E-state index contributed by atoms with van der Waals surface area (Å²) in [5.41, 5.74) is 3.98. The molecule has 26 heavy (non-hydrogen) atoms. The zero-order valence-electron chi connectivity index (χ0n) is 16.1. The lowest BCUT2D eigenvalue weighted by molar-refractivity contribution is -0.116. The Balaban J connectivity index is 0.00000117. The van der Waals surface area contributed by atoms with Crippen LogP contribution in [0.4, 0.5) is 11.4 Å². The van der Waals surface area contributed by atoms with Crippen molar-refractivity contribution in [1.82, 2.24) is 0 Å². The molecule has 1 N–H and O–H groups in total. The van der Waals surface area contributed by atoms with Gasteiger partial charge in [-0.25, -0.2) is 0 Å². The number of methoxy groups -OCH3 is 1. The average molecular weight is 352 g/mol. The van der Waals surface area contributed by atoms with Crippen LogP contribution in [0.15, 0.2) is 47.5 Å². The first kappa shape index (κ1) is 19.7. The summed E-state index contributed by atoms with van der Waals surface area (Å²) in [7, 11) is 1.65. The van der Waals surface area contributed by atoms with Crippen molar-refractivity contribution in [3.63, 3.8) is 0 Å². The van der Waals surface area contributed by atoms with Gasteiger partial charge in [-0.15, -0.1) is 0 Å². The maximum absolute atomic E-state index is 12.4. The normalized spacial score (nSPS) is 13.1. The molecule has 0 bridgehead atoms. The number of aryl methyl sites for hydroxylation is 1. The van der Waals surface area contributed by atoms with Crippen LogP contribution in [-0.2, 0) is 11.2 Å². The molecule has 0 aliphatic carbocycles. The molecule has 0 saturated carbocycles. The van der Waals surface area contributed by atoms with Gasteiger partial charge in [0.05, 0.1) is 18.5 Å². The lowest BCUT2D eigenvalue weighted by Crippen LogP contribution is -2.15. The summed E-state index contributed by atoms with van der Waals surface area (Å²) in [5.74, 6) is 0.925. The first-order valence-electron chi connectivity index (χ1n) is 9.25. The highest BCUT2D eigenvalue weighted by Crippen LogP contribution is 2.33. The second kappa shape index (κ2) is 9.76. The van der Waals surface area contributed by atoms with Gasteiger partial charge in [0.25, 0.3) is 0 Å². The number of amides is 1. The smallest absolute Gasteiger partial charge is 0.225 e. The molecule has 4 heteroatoms. The van der Waals surface area contributed by atoms with Gasteiger partial charge in [-0.1, -0.05) is 45.0 Å². The third-order valence-electron chi connectivity index (χ3n) is 4.31. The summed E-state index contributed by atoms with van der Waals surface area (Å²) in [6, 6.07) is 13.8. The zero-order valence-corrected chi connectivity index (χ0v) is 16.1. The predicted molar refractivity (Wildman–Crippen MR) is 109 cm³/mol. The van der Waals surface area contributed by atoms with Crippen LogP contribution >= 0.6 is 0 Å². The van der Waals surface area contributed by atoms with E-state index in [1.165, 1.54) is 5.56 Å². The van der Waals surface area contributed by atoms with E-state index in [1.807, 2.05) is 63.4 Å². The number of anilines is 1. The number of nitrogens with zero attached hydrogens (tertiary/aromatic N) is 1. The summed E-state index contributed by atoms with van der Waals surface area (Å²) in [4.78, 5) is 16.9. The summed E-state index contributed by atoms with van der Waals surface area (Å²) in [6.45, 7) is 6.05. The SMILES string of the molecule is CC.COc1cccc(C(C)CC(=O)Nc2cccc3c2N=CCC3)c1. The Morgan fingerprint density at radius 3 is 2.77 bits per heavy atom. The molecule has 1 heterocycles. The monoisotopic (exact) mass is 352 g/mol. The molecule has 138 valence electrons. The molecule has 3 rings (SSSR count). The largest absolute Gasteiger partial charge is 0.497 e. The molecule has 1 aliphatic heterocycles. The highest BCUT2D eigenvalue weighted by molar-refractivity contribution is 5.95. The average Bonchev–Trinajstić information content (AvgIpc) is 2.70. The van der Waals surface area contributed by atoms with Crippen LogP contribution in [0.2, 0.25) is 0 Å². The van der Waals surface area contributed by atoms with Gasteiger partial charge >= 0.3 is 0 Å². The molecule has 0 spiro atoms. The number of para-hydroxylation sites is 1. The summed E-state index contributed by atoms with van der Waals surface area (Å²) in [5, 5.41) is 3.02. The third-order valence-corrected chi connectivity index (χ3v) is 4.31. The van der Waals surface area contributed by atoms with Crippen molar-refractivity contribution in [1.29, 1.82) is 0 Å².